The number of aromatic hydroxyl groups is 1. The van der Waals surface area contributed by atoms with Crippen molar-refractivity contribution in [1.29, 1.82) is 0 Å². The molecule has 1 saturated heterocycles. The molecule has 2 aliphatic heterocycles. The number of aliphatic imine (C=N–C) groups is 1. The van der Waals surface area contributed by atoms with Gasteiger partial charge in [-0.1, -0.05) is 12.1 Å². The lowest BCUT2D eigenvalue weighted by atomic mass is 9.49. The van der Waals surface area contributed by atoms with E-state index in [-0.39, 0.29) is 23.9 Å². The van der Waals surface area contributed by atoms with Crippen LogP contribution in [-0.2, 0) is 18.3 Å². The van der Waals surface area contributed by atoms with Crippen molar-refractivity contribution in [3.8, 4) is 11.5 Å². The molecule has 7 N–H and O–H groups in total. The Balaban J connectivity index is 1.37. The molecule has 1 aromatic heterocycles. The number of piperidine rings is 1. The van der Waals surface area contributed by atoms with Crippen LogP contribution in [0.4, 0.5) is 5.69 Å². The second-order valence-corrected chi connectivity index (χ2v) is 11.2. The molecule has 180 valence electrons. The van der Waals surface area contributed by atoms with Gasteiger partial charge in [0, 0.05) is 35.5 Å². The van der Waals surface area contributed by atoms with Crippen LogP contribution in [0.3, 0.4) is 0 Å². The summed E-state index contributed by atoms with van der Waals surface area (Å²) >= 11 is 0. The van der Waals surface area contributed by atoms with Crippen LogP contribution in [-0.4, -0.2) is 50.8 Å². The van der Waals surface area contributed by atoms with Crippen LogP contribution >= 0.6 is 0 Å². The fourth-order valence-electron chi connectivity index (χ4n) is 7.84. The van der Waals surface area contributed by atoms with E-state index in [0.29, 0.717) is 17.9 Å². The molecule has 5 aliphatic rings. The maximum Gasteiger partial charge on any atom is 0.191 e. The summed E-state index contributed by atoms with van der Waals surface area (Å²) < 4.78 is 6.63. The molecule has 4 atom stereocenters. The van der Waals surface area contributed by atoms with Gasteiger partial charge in [0.25, 0.3) is 0 Å². The molecule has 3 aromatic rings. The fraction of sp³-hybridized carbons (Fsp3) is 0.444. The number of fused-ring (bicyclic) bond motifs is 4. The molecule has 1 saturated carbocycles. The van der Waals surface area contributed by atoms with E-state index in [1.54, 1.807) is 6.07 Å². The first-order chi connectivity index (χ1) is 16.9. The monoisotopic (exact) mass is 471 g/mol. The van der Waals surface area contributed by atoms with Crippen LogP contribution in [0.25, 0.3) is 10.9 Å². The predicted molar refractivity (Wildman–Crippen MR) is 132 cm³/mol. The van der Waals surface area contributed by atoms with Crippen LogP contribution < -0.4 is 16.2 Å². The summed E-state index contributed by atoms with van der Waals surface area (Å²) in [5, 5.41) is 24.7. The lowest BCUT2D eigenvalue weighted by Gasteiger charge is -2.62. The van der Waals surface area contributed by atoms with Gasteiger partial charge in [-0.3, -0.25) is 4.90 Å². The number of guanidine groups is 1. The normalized spacial score (nSPS) is 32.1. The van der Waals surface area contributed by atoms with Crippen LogP contribution in [0.15, 0.2) is 35.3 Å². The van der Waals surface area contributed by atoms with Crippen molar-refractivity contribution in [3.05, 3.63) is 52.7 Å². The molecular formula is C27H29N5O3. The number of benzene rings is 2. The number of aliphatic hydroxyl groups is 1. The van der Waals surface area contributed by atoms with Crippen molar-refractivity contribution in [1.82, 2.24) is 9.88 Å². The molecule has 2 fully saturated rings. The molecular weight excluding hydrogens is 442 g/mol. The molecule has 3 aliphatic carbocycles. The van der Waals surface area contributed by atoms with Gasteiger partial charge in [-0.05, 0) is 67.5 Å². The first-order valence-corrected chi connectivity index (χ1v) is 12.6. The number of phenols is 1. The molecule has 1 unspecified atom stereocenters. The van der Waals surface area contributed by atoms with E-state index in [1.165, 1.54) is 18.4 Å². The number of rotatable bonds is 3. The summed E-state index contributed by atoms with van der Waals surface area (Å²) in [6, 6.07) is 9.68. The number of aromatic nitrogens is 1. The van der Waals surface area contributed by atoms with E-state index in [0.717, 1.165) is 59.6 Å². The molecule has 0 amide bonds. The summed E-state index contributed by atoms with van der Waals surface area (Å²) in [4.78, 5) is 10.4. The van der Waals surface area contributed by atoms with Gasteiger partial charge in [0.15, 0.2) is 23.6 Å². The zero-order chi connectivity index (χ0) is 23.7. The van der Waals surface area contributed by atoms with Crippen LogP contribution in [0, 0.1) is 5.92 Å². The number of hydrogen-bond acceptors (Lipinski definition) is 5. The van der Waals surface area contributed by atoms with Crippen molar-refractivity contribution >= 4 is 22.5 Å². The SMILES string of the molecule is NC(N)=Nc1ccc2c3c([nH]c2c1)[C@@H]1Oc2c(O)ccc4c2[C@@]12CCN(CC1CC1)C(C4)[C@]2(O)C3. The fourth-order valence-corrected chi connectivity index (χ4v) is 7.84. The first-order valence-electron chi connectivity index (χ1n) is 12.6. The first kappa shape index (κ1) is 20.0. The van der Waals surface area contributed by atoms with Crippen molar-refractivity contribution in [3.63, 3.8) is 0 Å². The number of likely N-dealkylation sites (tertiary alicyclic amines) is 1. The maximum absolute atomic E-state index is 12.8. The van der Waals surface area contributed by atoms with E-state index in [1.807, 2.05) is 24.3 Å². The minimum absolute atomic E-state index is 0.0158. The Hall–Kier alpha value is -3.23. The summed E-state index contributed by atoms with van der Waals surface area (Å²) in [5.74, 6) is 1.47. The Morgan fingerprint density at radius 1 is 1.23 bits per heavy atom. The average Bonchev–Trinajstić information content (AvgIpc) is 3.45. The van der Waals surface area contributed by atoms with Gasteiger partial charge in [-0.2, -0.15) is 0 Å². The third-order valence-electron chi connectivity index (χ3n) is 9.40. The largest absolute Gasteiger partial charge is 0.504 e. The Morgan fingerprint density at radius 3 is 2.89 bits per heavy atom. The molecule has 1 spiro atoms. The van der Waals surface area contributed by atoms with Crippen molar-refractivity contribution < 1.29 is 14.9 Å². The lowest BCUT2D eigenvalue weighted by Crippen LogP contribution is -2.74. The third-order valence-corrected chi connectivity index (χ3v) is 9.40. The van der Waals surface area contributed by atoms with Gasteiger partial charge in [-0.25, -0.2) is 4.99 Å². The molecule has 2 aromatic carbocycles. The molecule has 8 heteroatoms. The Kier molecular flexibility index (Phi) is 3.60. The molecule has 0 radical (unpaired) electrons. The Labute approximate surface area is 202 Å². The zero-order valence-corrected chi connectivity index (χ0v) is 19.4. The standard InChI is InChI=1S/C27H29N5O3/c28-25(29)30-15-4-5-16-17-11-27(34)20-9-14-3-6-19(33)23-21(14)26(27,7-8-32(20)12-13-1-2-13)24(35-23)22(17)31-18(16)10-15/h3-6,10,13,20,24,31,33-34H,1-2,7-9,11-12H2,(H4,28,29,30)/t20?,24-,26-,27+/m0/s1. The summed E-state index contributed by atoms with van der Waals surface area (Å²) in [6.07, 6.45) is 4.31. The van der Waals surface area contributed by atoms with E-state index < -0.39 is 11.0 Å². The highest BCUT2D eigenvalue weighted by atomic mass is 16.5. The van der Waals surface area contributed by atoms with Gasteiger partial charge < -0.3 is 31.4 Å². The number of aromatic amines is 1. The highest BCUT2D eigenvalue weighted by Gasteiger charge is 2.72. The third kappa shape index (κ3) is 2.37. The zero-order valence-electron chi connectivity index (χ0n) is 19.4. The predicted octanol–water partition coefficient (Wildman–Crippen LogP) is 2.48. The van der Waals surface area contributed by atoms with Gasteiger partial charge in [0.05, 0.1) is 22.4 Å². The van der Waals surface area contributed by atoms with Gasteiger partial charge in [0.1, 0.15) is 0 Å². The van der Waals surface area contributed by atoms with E-state index >= 15 is 0 Å². The molecule has 3 heterocycles. The molecule has 8 rings (SSSR count). The summed E-state index contributed by atoms with van der Waals surface area (Å²) in [7, 11) is 0. The number of H-pyrrole nitrogens is 1. The number of nitrogens with two attached hydrogens (primary N) is 2. The molecule has 2 bridgehead atoms. The summed E-state index contributed by atoms with van der Waals surface area (Å²) in [5.41, 5.74) is 15.5. The minimum Gasteiger partial charge on any atom is -0.504 e. The van der Waals surface area contributed by atoms with E-state index in [9.17, 15) is 10.2 Å². The van der Waals surface area contributed by atoms with Gasteiger partial charge in [-0.15, -0.1) is 0 Å². The number of ether oxygens (including phenoxy) is 1. The number of phenolic OH excluding ortho intramolecular Hbond substituents is 1. The Bertz CT molecular complexity index is 1450. The second-order valence-electron chi connectivity index (χ2n) is 11.2. The number of hydrogen-bond donors (Lipinski definition) is 5. The topological polar surface area (TPSA) is 133 Å². The second kappa shape index (κ2) is 6.30. The highest BCUT2D eigenvalue weighted by molar-refractivity contribution is 5.89. The van der Waals surface area contributed by atoms with E-state index in [2.05, 4.69) is 14.9 Å². The average molecular weight is 472 g/mol. The van der Waals surface area contributed by atoms with Gasteiger partial charge in [0.2, 0.25) is 0 Å². The number of nitrogens with zero attached hydrogens (tertiary/aromatic N) is 2. The Morgan fingerprint density at radius 2 is 2.09 bits per heavy atom. The smallest absolute Gasteiger partial charge is 0.191 e. The van der Waals surface area contributed by atoms with Crippen molar-refractivity contribution in [2.24, 2.45) is 22.4 Å². The number of nitrogens with one attached hydrogen (secondary N) is 1. The molecule has 8 nitrogen and oxygen atoms in total. The van der Waals surface area contributed by atoms with Gasteiger partial charge >= 0.3 is 0 Å². The van der Waals surface area contributed by atoms with Crippen LogP contribution in [0.1, 0.15) is 47.8 Å². The van der Waals surface area contributed by atoms with E-state index in [4.69, 9.17) is 16.2 Å². The van der Waals surface area contributed by atoms with Crippen LogP contribution in [0.2, 0.25) is 0 Å². The lowest BCUT2D eigenvalue weighted by molar-refractivity contribution is -0.173. The minimum atomic E-state index is -0.989. The quantitative estimate of drug-likeness (QED) is 0.294. The van der Waals surface area contributed by atoms with Crippen LogP contribution in [0.5, 0.6) is 11.5 Å². The highest BCUT2D eigenvalue weighted by Crippen LogP contribution is 2.69. The molecule has 35 heavy (non-hydrogen) atoms. The van der Waals surface area contributed by atoms with Crippen molar-refractivity contribution in [2.75, 3.05) is 13.1 Å². The van der Waals surface area contributed by atoms with Crippen molar-refractivity contribution in [2.45, 2.75) is 55.3 Å². The summed E-state index contributed by atoms with van der Waals surface area (Å²) in [6.45, 7) is 1.99. The maximum atomic E-state index is 12.8.